The van der Waals surface area contributed by atoms with E-state index in [4.69, 9.17) is 9.47 Å². The Labute approximate surface area is 163 Å². The molecule has 3 rings (SSSR count). The summed E-state index contributed by atoms with van der Waals surface area (Å²) in [4.78, 5) is 14.6. The monoisotopic (exact) mass is 391 g/mol. The Kier molecular flexibility index (Phi) is 6.70. The Bertz CT molecular complexity index is 789. The van der Waals surface area contributed by atoms with Gasteiger partial charge in [-0.3, -0.25) is 9.69 Å². The van der Waals surface area contributed by atoms with E-state index in [1.165, 1.54) is 11.8 Å². The van der Waals surface area contributed by atoms with Crippen molar-refractivity contribution in [1.82, 2.24) is 19.7 Å². The van der Waals surface area contributed by atoms with Crippen LogP contribution in [0.3, 0.4) is 0 Å². The largest absolute Gasteiger partial charge is 0.495 e. The zero-order valence-corrected chi connectivity index (χ0v) is 16.7. The summed E-state index contributed by atoms with van der Waals surface area (Å²) < 4.78 is 12.6. The van der Waals surface area contributed by atoms with Gasteiger partial charge in [0.15, 0.2) is 5.16 Å². The summed E-state index contributed by atoms with van der Waals surface area (Å²) in [6, 6.07) is 5.68. The zero-order valence-electron chi connectivity index (χ0n) is 15.9. The van der Waals surface area contributed by atoms with Crippen LogP contribution in [0.25, 0.3) is 0 Å². The number of hydrogen-bond donors (Lipinski definition) is 1. The summed E-state index contributed by atoms with van der Waals surface area (Å²) in [6.45, 7) is 6.01. The van der Waals surface area contributed by atoms with Gasteiger partial charge in [-0.05, 0) is 24.6 Å². The molecule has 1 aliphatic heterocycles. The molecular formula is C18H25N5O3S. The van der Waals surface area contributed by atoms with Crippen molar-refractivity contribution in [2.75, 3.05) is 44.5 Å². The molecule has 0 bridgehead atoms. The number of carbonyl (C=O) groups is 1. The first kappa shape index (κ1) is 19.7. The van der Waals surface area contributed by atoms with Crippen molar-refractivity contribution in [1.29, 1.82) is 0 Å². The second kappa shape index (κ2) is 9.20. The van der Waals surface area contributed by atoms with Gasteiger partial charge >= 0.3 is 0 Å². The van der Waals surface area contributed by atoms with Crippen molar-refractivity contribution in [3.8, 4) is 5.75 Å². The molecule has 9 heteroatoms. The third-order valence-electron chi connectivity index (χ3n) is 4.36. The summed E-state index contributed by atoms with van der Waals surface area (Å²) in [5.74, 6) is 1.67. The molecule has 1 aliphatic rings. The first-order valence-electron chi connectivity index (χ1n) is 8.82. The average molecular weight is 391 g/mol. The summed E-state index contributed by atoms with van der Waals surface area (Å²) in [7, 11) is 3.52. The summed E-state index contributed by atoms with van der Waals surface area (Å²) in [6.07, 6.45) is 0. The van der Waals surface area contributed by atoms with Crippen molar-refractivity contribution in [3.05, 3.63) is 29.6 Å². The van der Waals surface area contributed by atoms with E-state index in [0.717, 1.165) is 49.4 Å². The molecule has 0 atom stereocenters. The van der Waals surface area contributed by atoms with Gasteiger partial charge in [0.25, 0.3) is 0 Å². The molecular weight excluding hydrogens is 366 g/mol. The second-order valence-corrected chi connectivity index (χ2v) is 7.33. The van der Waals surface area contributed by atoms with Gasteiger partial charge in [0.2, 0.25) is 5.91 Å². The fraction of sp³-hybridized carbons (Fsp3) is 0.500. The minimum Gasteiger partial charge on any atom is -0.495 e. The Morgan fingerprint density at radius 1 is 1.33 bits per heavy atom. The Balaban J connectivity index is 1.55. The van der Waals surface area contributed by atoms with Gasteiger partial charge in [0.1, 0.15) is 11.6 Å². The van der Waals surface area contributed by atoms with Crippen molar-refractivity contribution < 1.29 is 14.3 Å². The van der Waals surface area contributed by atoms with Crippen molar-refractivity contribution in [3.63, 3.8) is 0 Å². The Hall–Kier alpha value is -2.10. The lowest BCUT2D eigenvalue weighted by Gasteiger charge is -2.25. The van der Waals surface area contributed by atoms with Gasteiger partial charge in [-0.2, -0.15) is 0 Å². The Morgan fingerprint density at radius 2 is 2.11 bits per heavy atom. The zero-order chi connectivity index (χ0) is 19.2. The van der Waals surface area contributed by atoms with Crippen LogP contribution in [-0.4, -0.2) is 64.7 Å². The van der Waals surface area contributed by atoms with Gasteiger partial charge < -0.3 is 19.4 Å². The lowest BCUT2D eigenvalue weighted by Crippen LogP contribution is -2.36. The van der Waals surface area contributed by atoms with Crippen LogP contribution in [0.5, 0.6) is 5.75 Å². The lowest BCUT2D eigenvalue weighted by molar-refractivity contribution is -0.113. The highest BCUT2D eigenvalue weighted by molar-refractivity contribution is 7.99. The normalized spacial score (nSPS) is 14.9. The third kappa shape index (κ3) is 5.21. The highest BCUT2D eigenvalue weighted by atomic mass is 32.2. The van der Waals surface area contributed by atoms with E-state index < -0.39 is 0 Å². The van der Waals surface area contributed by atoms with Crippen LogP contribution in [0.4, 0.5) is 5.69 Å². The van der Waals surface area contributed by atoms with Crippen LogP contribution in [0.1, 0.15) is 11.4 Å². The molecule has 1 fully saturated rings. The maximum Gasteiger partial charge on any atom is 0.234 e. The second-order valence-electron chi connectivity index (χ2n) is 6.39. The predicted octanol–water partition coefficient (Wildman–Crippen LogP) is 1.70. The SMILES string of the molecule is COc1ccc(C)cc1NC(=O)CSc1nnc(CN2CCOCC2)n1C. The molecule has 8 nitrogen and oxygen atoms in total. The van der Waals surface area contributed by atoms with Gasteiger partial charge in [0.05, 0.1) is 38.3 Å². The number of ether oxygens (including phenoxy) is 2. The molecule has 2 aromatic rings. The number of nitrogens with one attached hydrogen (secondary N) is 1. The molecule has 1 saturated heterocycles. The molecule has 27 heavy (non-hydrogen) atoms. The number of nitrogens with zero attached hydrogens (tertiary/aromatic N) is 4. The molecule has 1 N–H and O–H groups in total. The number of benzene rings is 1. The smallest absolute Gasteiger partial charge is 0.234 e. The number of hydrogen-bond acceptors (Lipinski definition) is 7. The van der Waals surface area contributed by atoms with Crippen LogP contribution >= 0.6 is 11.8 Å². The number of anilines is 1. The highest BCUT2D eigenvalue weighted by Gasteiger charge is 2.17. The average Bonchev–Trinajstić information content (AvgIpc) is 3.01. The van der Waals surface area contributed by atoms with Gasteiger partial charge in [-0.25, -0.2) is 0 Å². The van der Waals surface area contributed by atoms with E-state index >= 15 is 0 Å². The maximum atomic E-state index is 12.3. The number of amides is 1. The van der Waals surface area contributed by atoms with Crippen LogP contribution < -0.4 is 10.1 Å². The van der Waals surface area contributed by atoms with Crippen molar-refractivity contribution >= 4 is 23.4 Å². The maximum absolute atomic E-state index is 12.3. The minimum absolute atomic E-state index is 0.110. The van der Waals surface area contributed by atoms with E-state index in [1.807, 2.05) is 36.7 Å². The molecule has 1 aromatic heterocycles. The minimum atomic E-state index is -0.110. The molecule has 2 heterocycles. The number of thioether (sulfide) groups is 1. The first-order chi connectivity index (χ1) is 13.1. The van der Waals surface area contributed by atoms with Crippen LogP contribution in [0.15, 0.2) is 23.4 Å². The van der Waals surface area contributed by atoms with E-state index in [0.29, 0.717) is 11.4 Å². The predicted molar refractivity (Wildman–Crippen MR) is 104 cm³/mol. The molecule has 146 valence electrons. The van der Waals surface area contributed by atoms with Crippen LogP contribution in [0.2, 0.25) is 0 Å². The number of methoxy groups -OCH3 is 1. The fourth-order valence-electron chi connectivity index (χ4n) is 2.80. The number of aromatic nitrogens is 3. The van der Waals surface area contributed by atoms with Crippen LogP contribution in [-0.2, 0) is 23.1 Å². The number of aryl methyl sites for hydroxylation is 1. The summed E-state index contributed by atoms with van der Waals surface area (Å²) >= 11 is 1.37. The molecule has 0 aliphatic carbocycles. The Morgan fingerprint density at radius 3 is 2.85 bits per heavy atom. The standard InChI is InChI=1S/C18H25N5O3S/c1-13-4-5-15(25-3)14(10-13)19-17(24)12-27-18-21-20-16(22(18)2)11-23-6-8-26-9-7-23/h4-5,10H,6-9,11-12H2,1-3H3,(H,19,24). The molecule has 0 spiro atoms. The van der Waals surface area contributed by atoms with E-state index in [-0.39, 0.29) is 11.7 Å². The van der Waals surface area contributed by atoms with Gasteiger partial charge in [-0.15, -0.1) is 10.2 Å². The number of carbonyl (C=O) groups excluding carboxylic acids is 1. The fourth-order valence-corrected chi connectivity index (χ4v) is 3.53. The molecule has 1 amide bonds. The molecule has 0 unspecified atom stereocenters. The molecule has 0 radical (unpaired) electrons. The molecule has 1 aromatic carbocycles. The van der Waals surface area contributed by atoms with Gasteiger partial charge in [-0.1, -0.05) is 17.8 Å². The van der Waals surface area contributed by atoms with E-state index in [1.54, 1.807) is 7.11 Å². The lowest BCUT2D eigenvalue weighted by atomic mass is 10.2. The van der Waals surface area contributed by atoms with E-state index in [2.05, 4.69) is 20.4 Å². The third-order valence-corrected chi connectivity index (χ3v) is 5.38. The van der Waals surface area contributed by atoms with Crippen molar-refractivity contribution in [2.45, 2.75) is 18.6 Å². The first-order valence-corrected chi connectivity index (χ1v) is 9.81. The summed E-state index contributed by atoms with van der Waals surface area (Å²) in [5, 5.41) is 12.1. The topological polar surface area (TPSA) is 81.5 Å². The number of morpholine rings is 1. The van der Waals surface area contributed by atoms with E-state index in [9.17, 15) is 4.79 Å². The van der Waals surface area contributed by atoms with Crippen molar-refractivity contribution in [2.24, 2.45) is 7.05 Å². The molecule has 0 saturated carbocycles. The van der Waals surface area contributed by atoms with Crippen LogP contribution in [0, 0.1) is 6.92 Å². The quantitative estimate of drug-likeness (QED) is 0.720. The summed E-state index contributed by atoms with van der Waals surface area (Å²) in [5.41, 5.74) is 1.73. The number of rotatable bonds is 7. The highest BCUT2D eigenvalue weighted by Crippen LogP contribution is 2.26. The van der Waals surface area contributed by atoms with Gasteiger partial charge in [0, 0.05) is 20.1 Å².